The molecular formula is C31H30ClN7O. The van der Waals surface area contributed by atoms with E-state index in [4.69, 9.17) is 28.1 Å². The maximum Gasteiger partial charge on any atom is 0.323 e. The number of allylic oxidation sites excluding steroid dienone is 1. The molecule has 1 aliphatic carbocycles. The highest BCUT2D eigenvalue weighted by molar-refractivity contribution is 6.31. The molecule has 6 rings (SSSR count). The first-order valence-corrected chi connectivity index (χ1v) is 13.6. The maximum absolute atomic E-state index is 13.0. The van der Waals surface area contributed by atoms with Gasteiger partial charge in [-0.2, -0.15) is 0 Å². The van der Waals surface area contributed by atoms with Gasteiger partial charge in [0, 0.05) is 27.7 Å². The molecule has 0 spiro atoms. The lowest BCUT2D eigenvalue weighted by Gasteiger charge is -2.20. The second-order valence-corrected chi connectivity index (χ2v) is 10.7. The number of benzene rings is 3. The summed E-state index contributed by atoms with van der Waals surface area (Å²) in [5.41, 5.74) is 19.5. The molecule has 8 nitrogen and oxygen atoms in total. The summed E-state index contributed by atoms with van der Waals surface area (Å²) in [5, 5.41) is 8.26. The number of hydrogen-bond donors (Lipinski definition) is 4. The van der Waals surface area contributed by atoms with Gasteiger partial charge >= 0.3 is 6.03 Å². The third kappa shape index (κ3) is 4.65. The molecule has 1 unspecified atom stereocenters. The molecule has 3 aromatic carbocycles. The Morgan fingerprint density at radius 1 is 1.05 bits per heavy atom. The van der Waals surface area contributed by atoms with E-state index in [0.717, 1.165) is 63.9 Å². The van der Waals surface area contributed by atoms with Gasteiger partial charge in [0.15, 0.2) is 0 Å². The first kappa shape index (κ1) is 25.9. The highest BCUT2D eigenvalue weighted by Crippen LogP contribution is 2.38. The summed E-state index contributed by atoms with van der Waals surface area (Å²) < 4.78 is 2.10. The van der Waals surface area contributed by atoms with E-state index in [2.05, 4.69) is 26.1 Å². The van der Waals surface area contributed by atoms with Crippen LogP contribution in [-0.2, 0) is 0 Å². The summed E-state index contributed by atoms with van der Waals surface area (Å²) in [5.74, 6) is 1.24. The lowest BCUT2D eigenvalue weighted by Crippen LogP contribution is -2.21. The fourth-order valence-corrected chi connectivity index (χ4v) is 5.61. The SMILES string of the molecule is Cc1ccc(Cl)cc1NC(=O)Nc1ccc(-c2nc(C)n3c(C4=CCC(N)CC4)cnc(N)c23)c2ccccc12. The number of urea groups is 1. The van der Waals surface area contributed by atoms with Gasteiger partial charge in [-0.25, -0.2) is 14.8 Å². The molecular weight excluding hydrogens is 522 g/mol. The van der Waals surface area contributed by atoms with Crippen LogP contribution in [0.5, 0.6) is 0 Å². The van der Waals surface area contributed by atoms with E-state index < -0.39 is 0 Å². The van der Waals surface area contributed by atoms with E-state index in [9.17, 15) is 4.79 Å². The second kappa shape index (κ2) is 10.3. The summed E-state index contributed by atoms with van der Waals surface area (Å²) in [6, 6.07) is 17.0. The average Bonchev–Trinajstić information content (AvgIpc) is 3.29. The number of imidazole rings is 1. The number of fused-ring (bicyclic) bond motifs is 2. The molecule has 0 radical (unpaired) electrons. The molecule has 202 valence electrons. The zero-order valence-corrected chi connectivity index (χ0v) is 23.1. The fraction of sp³-hybridized carbons (Fsp3) is 0.194. The molecule has 2 aromatic heterocycles. The normalized spacial score (nSPS) is 15.3. The number of rotatable bonds is 4. The van der Waals surface area contributed by atoms with Crippen LogP contribution < -0.4 is 22.1 Å². The number of hydrogen-bond acceptors (Lipinski definition) is 5. The molecule has 0 saturated heterocycles. The first-order valence-electron chi connectivity index (χ1n) is 13.2. The van der Waals surface area contributed by atoms with E-state index in [-0.39, 0.29) is 12.1 Å². The number of nitrogen functional groups attached to an aromatic ring is 1. The van der Waals surface area contributed by atoms with Gasteiger partial charge in [-0.15, -0.1) is 0 Å². The van der Waals surface area contributed by atoms with Crippen LogP contribution in [0.1, 0.15) is 36.3 Å². The van der Waals surface area contributed by atoms with Crippen molar-refractivity contribution in [3.63, 3.8) is 0 Å². The van der Waals surface area contributed by atoms with Crippen LogP contribution in [0.15, 0.2) is 66.9 Å². The zero-order valence-electron chi connectivity index (χ0n) is 22.3. The molecule has 0 aliphatic heterocycles. The topological polar surface area (TPSA) is 123 Å². The summed E-state index contributed by atoms with van der Waals surface area (Å²) >= 11 is 6.13. The van der Waals surface area contributed by atoms with Crippen molar-refractivity contribution in [1.29, 1.82) is 0 Å². The number of aryl methyl sites for hydroxylation is 2. The molecule has 9 heteroatoms. The van der Waals surface area contributed by atoms with Crippen LogP contribution in [0.2, 0.25) is 5.02 Å². The lowest BCUT2D eigenvalue weighted by molar-refractivity contribution is 0.262. The Labute approximate surface area is 237 Å². The molecule has 2 heterocycles. The van der Waals surface area contributed by atoms with Crippen LogP contribution in [0.4, 0.5) is 22.0 Å². The van der Waals surface area contributed by atoms with Crippen LogP contribution in [0.25, 0.3) is 33.1 Å². The van der Waals surface area contributed by atoms with Gasteiger partial charge in [0.2, 0.25) is 0 Å². The number of nitrogens with zero attached hydrogens (tertiary/aromatic N) is 3. The molecule has 0 saturated carbocycles. The summed E-state index contributed by atoms with van der Waals surface area (Å²) in [6.07, 6.45) is 6.68. The predicted octanol–water partition coefficient (Wildman–Crippen LogP) is 6.94. The van der Waals surface area contributed by atoms with Crippen LogP contribution in [0, 0.1) is 13.8 Å². The second-order valence-electron chi connectivity index (χ2n) is 10.2. The summed E-state index contributed by atoms with van der Waals surface area (Å²) in [7, 11) is 0. The van der Waals surface area contributed by atoms with E-state index in [1.54, 1.807) is 12.1 Å². The van der Waals surface area contributed by atoms with Crippen molar-refractivity contribution in [2.75, 3.05) is 16.4 Å². The Morgan fingerprint density at radius 2 is 1.82 bits per heavy atom. The van der Waals surface area contributed by atoms with Crippen LogP contribution in [-0.4, -0.2) is 26.4 Å². The number of halogens is 1. The van der Waals surface area contributed by atoms with Crippen LogP contribution in [0.3, 0.4) is 0 Å². The lowest BCUT2D eigenvalue weighted by atomic mass is 9.94. The number of amides is 2. The van der Waals surface area contributed by atoms with Crippen molar-refractivity contribution < 1.29 is 4.79 Å². The first-order chi connectivity index (χ1) is 19.3. The molecule has 1 aliphatic rings. The molecule has 6 N–H and O–H groups in total. The largest absolute Gasteiger partial charge is 0.382 e. The van der Waals surface area contributed by atoms with Gasteiger partial charge in [0.05, 0.1) is 17.6 Å². The van der Waals surface area contributed by atoms with Gasteiger partial charge in [0.25, 0.3) is 0 Å². The van der Waals surface area contributed by atoms with Crippen molar-refractivity contribution in [2.24, 2.45) is 5.73 Å². The Hall–Kier alpha value is -4.40. The highest BCUT2D eigenvalue weighted by atomic mass is 35.5. The standard InChI is InChI=1S/C31H30ClN7O/c1-17-7-10-20(32)15-26(17)38-31(40)37-25-14-13-24(22-5-3-4-6-23(22)25)28-29-30(34)35-16-27(39(29)18(2)36-28)19-8-11-21(33)12-9-19/h3-8,10,13-16,21H,9,11-12,33H2,1-2H3,(H2,34,35)(H2,37,38,40). The van der Waals surface area contributed by atoms with Gasteiger partial charge in [-0.1, -0.05) is 54.1 Å². The van der Waals surface area contributed by atoms with Gasteiger partial charge < -0.3 is 22.1 Å². The molecule has 40 heavy (non-hydrogen) atoms. The zero-order chi connectivity index (χ0) is 28.0. The number of anilines is 3. The average molecular weight is 552 g/mol. The summed E-state index contributed by atoms with van der Waals surface area (Å²) in [4.78, 5) is 22.5. The molecule has 5 aromatic rings. The van der Waals surface area contributed by atoms with Crippen molar-refractivity contribution in [2.45, 2.75) is 39.2 Å². The number of carbonyl (C=O) groups excluding carboxylic acids is 1. The Bertz CT molecular complexity index is 1820. The third-order valence-corrected chi connectivity index (χ3v) is 7.75. The Kier molecular flexibility index (Phi) is 6.65. The van der Waals surface area contributed by atoms with Gasteiger partial charge in [-0.3, -0.25) is 4.40 Å². The van der Waals surface area contributed by atoms with Crippen molar-refractivity contribution in [3.8, 4) is 11.3 Å². The van der Waals surface area contributed by atoms with E-state index in [0.29, 0.717) is 22.2 Å². The van der Waals surface area contributed by atoms with E-state index in [1.807, 2.05) is 62.5 Å². The van der Waals surface area contributed by atoms with Crippen molar-refractivity contribution in [3.05, 3.63) is 89.0 Å². The highest BCUT2D eigenvalue weighted by Gasteiger charge is 2.22. The van der Waals surface area contributed by atoms with E-state index >= 15 is 0 Å². The molecule has 2 amide bonds. The minimum Gasteiger partial charge on any atom is -0.382 e. The predicted molar refractivity (Wildman–Crippen MR) is 164 cm³/mol. The van der Waals surface area contributed by atoms with Crippen molar-refractivity contribution in [1.82, 2.24) is 14.4 Å². The fourth-order valence-electron chi connectivity index (χ4n) is 5.43. The number of nitrogens with two attached hydrogens (primary N) is 2. The molecule has 0 fully saturated rings. The Morgan fingerprint density at radius 3 is 2.60 bits per heavy atom. The number of carbonyl (C=O) groups is 1. The number of aromatic nitrogens is 3. The van der Waals surface area contributed by atoms with Gasteiger partial charge in [0.1, 0.15) is 22.9 Å². The van der Waals surface area contributed by atoms with E-state index in [1.165, 1.54) is 5.57 Å². The molecule has 0 bridgehead atoms. The molecule has 1 atom stereocenters. The Balaban J connectivity index is 1.42. The maximum atomic E-state index is 13.0. The quantitative estimate of drug-likeness (QED) is 0.192. The van der Waals surface area contributed by atoms with Crippen molar-refractivity contribution >= 4 is 56.7 Å². The third-order valence-electron chi connectivity index (χ3n) is 7.51. The smallest absolute Gasteiger partial charge is 0.323 e. The number of nitrogens with one attached hydrogen (secondary N) is 2. The monoisotopic (exact) mass is 551 g/mol. The summed E-state index contributed by atoms with van der Waals surface area (Å²) in [6.45, 7) is 3.90. The van der Waals surface area contributed by atoms with Gasteiger partial charge in [-0.05, 0) is 67.8 Å². The minimum atomic E-state index is -0.356. The van der Waals surface area contributed by atoms with Crippen LogP contribution >= 0.6 is 11.6 Å². The minimum absolute atomic E-state index is 0.190.